The zero-order valence-corrected chi connectivity index (χ0v) is 7.11. The van der Waals surface area contributed by atoms with E-state index < -0.39 is 6.35 Å². The predicted octanol–water partition coefficient (Wildman–Crippen LogP) is -0.745. The van der Waals surface area contributed by atoms with E-state index in [-0.39, 0.29) is 5.91 Å². The van der Waals surface area contributed by atoms with Gasteiger partial charge in [0, 0.05) is 6.54 Å². The number of fused-ring (bicyclic) bond motifs is 1. The van der Waals surface area contributed by atoms with Crippen molar-refractivity contribution in [3.63, 3.8) is 0 Å². The van der Waals surface area contributed by atoms with Gasteiger partial charge in [-0.15, -0.1) is 0 Å². The highest BCUT2D eigenvalue weighted by atomic mass is 16.3. The number of nitrogens with zero attached hydrogens (tertiary/aromatic N) is 2. The molecule has 0 spiro atoms. The van der Waals surface area contributed by atoms with Gasteiger partial charge in [0.25, 0.3) is 5.91 Å². The zero-order valence-electron chi connectivity index (χ0n) is 7.11. The fraction of sp³-hybridized carbons (Fsp3) is 0.429. The molecule has 1 aromatic rings. The van der Waals surface area contributed by atoms with Crippen molar-refractivity contribution < 1.29 is 9.90 Å². The van der Waals surface area contributed by atoms with Crippen LogP contribution in [0.2, 0.25) is 0 Å². The van der Waals surface area contributed by atoms with Crippen LogP contribution in [0.4, 0.5) is 5.82 Å². The lowest BCUT2D eigenvalue weighted by Gasteiger charge is -2.31. The largest absolute Gasteiger partial charge is 0.356 e. The van der Waals surface area contributed by atoms with E-state index in [1.54, 1.807) is 4.90 Å². The van der Waals surface area contributed by atoms with E-state index in [0.29, 0.717) is 18.1 Å². The molecule has 1 aromatic heterocycles. The maximum Gasteiger partial charge on any atom is 0.275 e. The van der Waals surface area contributed by atoms with Crippen LogP contribution >= 0.6 is 0 Å². The summed E-state index contributed by atoms with van der Waals surface area (Å²) in [5, 5.41) is 11.8. The van der Waals surface area contributed by atoms with E-state index in [0.717, 1.165) is 0 Å². The summed E-state index contributed by atoms with van der Waals surface area (Å²) in [7, 11) is 0. The van der Waals surface area contributed by atoms with Gasteiger partial charge in [-0.25, -0.2) is 4.98 Å². The summed E-state index contributed by atoms with van der Waals surface area (Å²) in [4.78, 5) is 19.5. The summed E-state index contributed by atoms with van der Waals surface area (Å²) in [6.45, 7) is 2.46. The molecule has 2 rings (SSSR count). The van der Waals surface area contributed by atoms with Crippen molar-refractivity contribution in [3.05, 3.63) is 12.0 Å². The number of amides is 1. The minimum atomic E-state index is -0.978. The molecule has 2 heterocycles. The molecule has 0 fully saturated rings. The average Bonchev–Trinajstić information content (AvgIpc) is 2.53. The lowest BCUT2D eigenvalue weighted by molar-refractivity contribution is 0.0740. The molecule has 0 saturated carbocycles. The fourth-order valence-corrected chi connectivity index (χ4v) is 1.38. The molecule has 1 atom stereocenters. The number of carbonyl (C=O) groups is 1. The Balaban J connectivity index is 2.45. The first-order valence-corrected chi connectivity index (χ1v) is 4.03. The number of hydrogen-bond donors (Lipinski definition) is 3. The molecular weight excluding hydrogens is 172 g/mol. The summed E-state index contributed by atoms with van der Waals surface area (Å²) in [6, 6.07) is 0. The van der Waals surface area contributed by atoms with Gasteiger partial charge in [0.15, 0.2) is 5.82 Å². The van der Waals surface area contributed by atoms with Gasteiger partial charge in [-0.05, 0) is 6.92 Å². The van der Waals surface area contributed by atoms with Gasteiger partial charge in [0.2, 0.25) is 6.35 Å². The average molecular weight is 182 g/mol. The van der Waals surface area contributed by atoms with Crippen LogP contribution < -0.4 is 10.2 Å². The van der Waals surface area contributed by atoms with E-state index in [9.17, 15) is 9.90 Å². The van der Waals surface area contributed by atoms with E-state index in [1.807, 2.05) is 6.92 Å². The molecule has 0 saturated heterocycles. The van der Waals surface area contributed by atoms with Crippen LogP contribution in [0.3, 0.4) is 0 Å². The Morgan fingerprint density at radius 2 is 2.54 bits per heavy atom. The van der Waals surface area contributed by atoms with Gasteiger partial charge in [-0.3, -0.25) is 4.79 Å². The van der Waals surface area contributed by atoms with Gasteiger partial charge in [-0.2, -0.15) is 0 Å². The van der Waals surface area contributed by atoms with Gasteiger partial charge in [0.05, 0.1) is 6.33 Å². The summed E-state index contributed by atoms with van der Waals surface area (Å²) >= 11 is 0. The summed E-state index contributed by atoms with van der Waals surface area (Å²) in [5.41, 5.74) is 0.396. The molecule has 1 unspecified atom stereocenters. The normalized spacial score (nSPS) is 21.2. The van der Waals surface area contributed by atoms with E-state index >= 15 is 0 Å². The molecular formula is C7H10N4O2. The maximum absolute atomic E-state index is 11.2. The van der Waals surface area contributed by atoms with Crippen molar-refractivity contribution in [2.24, 2.45) is 0 Å². The Morgan fingerprint density at radius 3 is 3.23 bits per heavy atom. The first-order chi connectivity index (χ1) is 6.24. The molecule has 70 valence electrons. The van der Waals surface area contributed by atoms with Crippen molar-refractivity contribution in [2.45, 2.75) is 13.3 Å². The molecule has 0 aliphatic carbocycles. The Labute approximate surface area is 74.6 Å². The summed E-state index contributed by atoms with van der Waals surface area (Å²) < 4.78 is 0. The quantitative estimate of drug-likeness (QED) is 0.534. The molecule has 1 aliphatic heterocycles. The van der Waals surface area contributed by atoms with Crippen molar-refractivity contribution >= 4 is 11.7 Å². The van der Waals surface area contributed by atoms with Crippen molar-refractivity contribution in [1.82, 2.24) is 15.3 Å². The monoisotopic (exact) mass is 182 g/mol. The number of rotatable bonds is 1. The fourth-order valence-electron chi connectivity index (χ4n) is 1.38. The van der Waals surface area contributed by atoms with Gasteiger partial charge >= 0.3 is 0 Å². The topological polar surface area (TPSA) is 81.2 Å². The first-order valence-electron chi connectivity index (χ1n) is 4.03. The highest BCUT2D eigenvalue weighted by molar-refractivity contribution is 5.98. The lowest BCUT2D eigenvalue weighted by Crippen LogP contribution is -2.52. The van der Waals surface area contributed by atoms with E-state index in [2.05, 4.69) is 15.3 Å². The molecule has 1 amide bonds. The SMILES string of the molecule is CCN1c2nc[nH]c2C(=O)NC1O. The minimum absolute atomic E-state index is 0.329. The molecule has 13 heavy (non-hydrogen) atoms. The maximum atomic E-state index is 11.2. The van der Waals surface area contributed by atoms with E-state index in [4.69, 9.17) is 0 Å². The number of aliphatic hydroxyl groups is 1. The van der Waals surface area contributed by atoms with Gasteiger partial charge < -0.3 is 20.3 Å². The standard InChI is InChI=1S/C7H10N4O2/c1-2-11-5-4(8-3-9-5)6(12)10-7(11)13/h3,7,13H,2H2,1H3,(H,8,9)(H,10,12). The third kappa shape index (κ3) is 1.06. The molecule has 0 aromatic carbocycles. The van der Waals surface area contributed by atoms with Crippen LogP contribution in [0.5, 0.6) is 0 Å². The molecule has 3 N–H and O–H groups in total. The Bertz CT molecular complexity index is 335. The van der Waals surface area contributed by atoms with Crippen LogP contribution in [0.25, 0.3) is 0 Å². The number of anilines is 1. The molecule has 6 heteroatoms. The number of imidazole rings is 1. The van der Waals surface area contributed by atoms with Crippen LogP contribution in [0.1, 0.15) is 17.4 Å². The minimum Gasteiger partial charge on any atom is -0.356 e. The molecule has 0 bridgehead atoms. The zero-order chi connectivity index (χ0) is 9.42. The second kappa shape index (κ2) is 2.74. The van der Waals surface area contributed by atoms with E-state index in [1.165, 1.54) is 6.33 Å². The molecule has 0 radical (unpaired) electrons. The predicted molar refractivity (Wildman–Crippen MR) is 45.1 cm³/mol. The number of aromatic nitrogens is 2. The van der Waals surface area contributed by atoms with Gasteiger partial charge in [-0.1, -0.05) is 0 Å². The van der Waals surface area contributed by atoms with Crippen LogP contribution in [0.15, 0.2) is 6.33 Å². The van der Waals surface area contributed by atoms with Crippen LogP contribution in [0, 0.1) is 0 Å². The number of aromatic amines is 1. The Morgan fingerprint density at radius 1 is 1.77 bits per heavy atom. The number of nitrogens with one attached hydrogen (secondary N) is 2. The third-order valence-corrected chi connectivity index (χ3v) is 2.01. The van der Waals surface area contributed by atoms with Crippen molar-refractivity contribution in [2.75, 3.05) is 11.4 Å². The van der Waals surface area contributed by atoms with Gasteiger partial charge in [0.1, 0.15) is 5.69 Å². The van der Waals surface area contributed by atoms with Crippen LogP contribution in [-0.4, -0.2) is 33.9 Å². The number of hydrogen-bond acceptors (Lipinski definition) is 4. The van der Waals surface area contributed by atoms with Crippen molar-refractivity contribution in [1.29, 1.82) is 0 Å². The summed E-state index contributed by atoms with van der Waals surface area (Å²) in [5.74, 6) is 0.170. The molecule has 1 aliphatic rings. The highest BCUT2D eigenvalue weighted by Gasteiger charge is 2.30. The molecule has 6 nitrogen and oxygen atoms in total. The number of aliphatic hydroxyl groups excluding tert-OH is 1. The smallest absolute Gasteiger partial charge is 0.275 e. The van der Waals surface area contributed by atoms with Crippen LogP contribution in [-0.2, 0) is 0 Å². The second-order valence-electron chi connectivity index (χ2n) is 2.73. The lowest BCUT2D eigenvalue weighted by atomic mass is 10.3. The summed E-state index contributed by atoms with van der Waals surface area (Å²) in [6.07, 6.45) is 0.457. The highest BCUT2D eigenvalue weighted by Crippen LogP contribution is 2.20. The second-order valence-corrected chi connectivity index (χ2v) is 2.73. The number of carbonyl (C=O) groups excluding carboxylic acids is 1. The Hall–Kier alpha value is -1.56. The first kappa shape index (κ1) is 8.06. The van der Waals surface area contributed by atoms with Crippen molar-refractivity contribution in [3.8, 4) is 0 Å². The third-order valence-electron chi connectivity index (χ3n) is 2.01. The Kier molecular flexibility index (Phi) is 1.70. The number of H-pyrrole nitrogens is 1.